The quantitative estimate of drug-likeness (QED) is 0.877. The van der Waals surface area contributed by atoms with Crippen molar-refractivity contribution in [2.45, 2.75) is 30.7 Å². The van der Waals surface area contributed by atoms with Crippen LogP contribution in [-0.4, -0.2) is 38.5 Å². The normalized spacial score (nSPS) is 24.7. The lowest BCUT2D eigenvalue weighted by molar-refractivity contribution is 0.237. The number of nitrogens with one attached hydrogen (secondary N) is 2. The lowest BCUT2D eigenvalue weighted by atomic mass is 9.96. The zero-order chi connectivity index (χ0) is 15.8. The summed E-state index contributed by atoms with van der Waals surface area (Å²) in [5.74, 6) is -0.117. The summed E-state index contributed by atoms with van der Waals surface area (Å²) in [5.41, 5.74) is 0.921. The monoisotopic (exact) mass is 326 g/mol. The minimum atomic E-state index is -3.00. The van der Waals surface area contributed by atoms with Gasteiger partial charge in [-0.1, -0.05) is 12.1 Å². The summed E-state index contributed by atoms with van der Waals surface area (Å²) in [5, 5.41) is 5.52. The van der Waals surface area contributed by atoms with Crippen LogP contribution < -0.4 is 10.6 Å². The third-order valence-electron chi connectivity index (χ3n) is 4.47. The van der Waals surface area contributed by atoms with Crippen molar-refractivity contribution in [3.63, 3.8) is 0 Å². The first-order valence-corrected chi connectivity index (χ1v) is 9.22. The first-order chi connectivity index (χ1) is 10.4. The van der Waals surface area contributed by atoms with E-state index in [4.69, 9.17) is 0 Å². The fourth-order valence-electron chi connectivity index (χ4n) is 2.92. The van der Waals surface area contributed by atoms with Crippen molar-refractivity contribution < 1.29 is 17.6 Å². The van der Waals surface area contributed by atoms with E-state index in [9.17, 15) is 17.6 Å². The molecule has 1 atom stereocenters. The first kappa shape index (κ1) is 15.3. The lowest BCUT2D eigenvalue weighted by Crippen LogP contribution is -2.45. The van der Waals surface area contributed by atoms with Crippen LogP contribution in [0.25, 0.3) is 0 Å². The molecule has 1 saturated carbocycles. The maximum Gasteiger partial charge on any atom is 0.315 e. The molecule has 1 saturated heterocycles. The molecule has 0 unspecified atom stereocenters. The standard InChI is InChI=1S/C15H19FN2O3S/c16-12-3-1-11(2-4-12)15(6-7-15)10-17-14(19)18-13-5-8-22(20,21)9-13/h1-4,13H,5-10H2,(H2,17,18,19)/t13-/m0/s1. The maximum atomic E-state index is 13.0. The average Bonchev–Trinajstić information content (AvgIpc) is 3.17. The SMILES string of the molecule is O=C(NCC1(c2ccc(F)cc2)CC1)N[C@H]1CCS(=O)(=O)C1. The van der Waals surface area contributed by atoms with Gasteiger partial charge in [-0.3, -0.25) is 0 Å². The number of rotatable bonds is 4. The number of benzene rings is 1. The second-order valence-electron chi connectivity index (χ2n) is 6.21. The van der Waals surface area contributed by atoms with Gasteiger partial charge in [0.05, 0.1) is 11.5 Å². The van der Waals surface area contributed by atoms with Crippen LogP contribution in [0.15, 0.2) is 24.3 Å². The van der Waals surface area contributed by atoms with Gasteiger partial charge in [0.25, 0.3) is 0 Å². The molecule has 1 aliphatic carbocycles. The molecule has 1 aromatic rings. The van der Waals surface area contributed by atoms with Crippen molar-refractivity contribution in [1.29, 1.82) is 0 Å². The Kier molecular flexibility index (Phi) is 3.84. The van der Waals surface area contributed by atoms with Gasteiger partial charge in [0.2, 0.25) is 0 Å². The van der Waals surface area contributed by atoms with Crippen molar-refractivity contribution in [2.24, 2.45) is 0 Å². The molecule has 1 aliphatic heterocycles. The molecule has 2 fully saturated rings. The topological polar surface area (TPSA) is 75.3 Å². The highest BCUT2D eigenvalue weighted by Crippen LogP contribution is 2.47. The van der Waals surface area contributed by atoms with Gasteiger partial charge >= 0.3 is 6.03 Å². The van der Waals surface area contributed by atoms with Crippen molar-refractivity contribution in [3.8, 4) is 0 Å². The molecule has 2 amide bonds. The molecular formula is C15H19FN2O3S. The highest BCUT2D eigenvalue weighted by molar-refractivity contribution is 7.91. The summed E-state index contributed by atoms with van der Waals surface area (Å²) >= 11 is 0. The minimum Gasteiger partial charge on any atom is -0.337 e. The Labute approximate surface area is 129 Å². The maximum absolute atomic E-state index is 13.0. The molecule has 2 N–H and O–H groups in total. The van der Waals surface area contributed by atoms with Crippen LogP contribution >= 0.6 is 0 Å². The minimum absolute atomic E-state index is 0.0174. The summed E-state index contributed by atoms with van der Waals surface area (Å²) in [6.07, 6.45) is 2.38. The Morgan fingerprint density at radius 1 is 1.27 bits per heavy atom. The van der Waals surface area contributed by atoms with Crippen LogP contribution in [0.3, 0.4) is 0 Å². The lowest BCUT2D eigenvalue weighted by Gasteiger charge is -2.18. The van der Waals surface area contributed by atoms with E-state index >= 15 is 0 Å². The number of hydrogen-bond donors (Lipinski definition) is 2. The molecule has 0 aromatic heterocycles. The van der Waals surface area contributed by atoms with Gasteiger partial charge in [0.15, 0.2) is 9.84 Å². The molecule has 120 valence electrons. The zero-order valence-corrected chi connectivity index (χ0v) is 13.0. The van der Waals surface area contributed by atoms with Crippen molar-refractivity contribution in [1.82, 2.24) is 10.6 Å². The van der Waals surface area contributed by atoms with E-state index in [0.717, 1.165) is 18.4 Å². The Morgan fingerprint density at radius 3 is 2.50 bits per heavy atom. The molecule has 0 spiro atoms. The molecule has 3 rings (SSSR count). The largest absolute Gasteiger partial charge is 0.337 e. The molecule has 1 heterocycles. The second-order valence-corrected chi connectivity index (χ2v) is 8.44. The van der Waals surface area contributed by atoms with Gasteiger partial charge in [-0.25, -0.2) is 17.6 Å². The number of carbonyl (C=O) groups excluding carboxylic acids is 1. The molecule has 5 nitrogen and oxygen atoms in total. The van der Waals surface area contributed by atoms with Crippen LogP contribution in [0.2, 0.25) is 0 Å². The van der Waals surface area contributed by atoms with E-state index in [1.54, 1.807) is 12.1 Å². The predicted molar refractivity (Wildman–Crippen MR) is 80.9 cm³/mol. The Hall–Kier alpha value is -1.63. The number of halogens is 1. The molecule has 1 aromatic carbocycles. The van der Waals surface area contributed by atoms with Gasteiger partial charge in [-0.2, -0.15) is 0 Å². The highest BCUT2D eigenvalue weighted by Gasteiger charge is 2.44. The number of hydrogen-bond acceptors (Lipinski definition) is 3. The first-order valence-electron chi connectivity index (χ1n) is 7.39. The summed E-state index contributed by atoms with van der Waals surface area (Å²) < 4.78 is 35.7. The van der Waals surface area contributed by atoms with Crippen molar-refractivity contribution in [2.75, 3.05) is 18.1 Å². The molecule has 2 aliphatic rings. The smallest absolute Gasteiger partial charge is 0.315 e. The molecule has 22 heavy (non-hydrogen) atoms. The third-order valence-corrected chi connectivity index (χ3v) is 6.23. The van der Waals surface area contributed by atoms with Gasteiger partial charge in [-0.15, -0.1) is 0 Å². The Bertz CT molecular complexity index is 669. The van der Waals surface area contributed by atoms with Crippen LogP contribution in [0.1, 0.15) is 24.8 Å². The van der Waals surface area contributed by atoms with Crippen molar-refractivity contribution >= 4 is 15.9 Å². The van der Waals surface area contributed by atoms with Crippen molar-refractivity contribution in [3.05, 3.63) is 35.6 Å². The van der Waals surface area contributed by atoms with E-state index in [0.29, 0.717) is 13.0 Å². The zero-order valence-electron chi connectivity index (χ0n) is 12.1. The number of carbonyl (C=O) groups is 1. The number of urea groups is 1. The highest BCUT2D eigenvalue weighted by atomic mass is 32.2. The Morgan fingerprint density at radius 2 is 1.95 bits per heavy atom. The molecule has 7 heteroatoms. The Balaban J connectivity index is 1.52. The van der Waals surface area contributed by atoms with Crippen LogP contribution in [0.5, 0.6) is 0 Å². The summed E-state index contributed by atoms with van der Waals surface area (Å²) in [6.45, 7) is 0.476. The van der Waals surface area contributed by atoms with E-state index in [-0.39, 0.29) is 34.8 Å². The van der Waals surface area contributed by atoms with Gasteiger partial charge < -0.3 is 10.6 Å². The van der Waals surface area contributed by atoms with E-state index in [1.165, 1.54) is 12.1 Å². The van der Waals surface area contributed by atoms with E-state index in [2.05, 4.69) is 10.6 Å². The van der Waals surface area contributed by atoms with Crippen LogP contribution in [-0.2, 0) is 15.3 Å². The van der Waals surface area contributed by atoms with Gasteiger partial charge in [0, 0.05) is 18.0 Å². The fraction of sp³-hybridized carbons (Fsp3) is 0.533. The molecule has 0 radical (unpaired) electrons. The van der Waals surface area contributed by atoms with Crippen LogP contribution in [0, 0.1) is 5.82 Å². The predicted octanol–water partition coefficient (Wildman–Crippen LogP) is 1.34. The fourth-order valence-corrected chi connectivity index (χ4v) is 4.59. The van der Waals surface area contributed by atoms with E-state index < -0.39 is 9.84 Å². The number of sulfone groups is 1. The summed E-state index contributed by atoms with van der Waals surface area (Å²) in [4.78, 5) is 11.9. The summed E-state index contributed by atoms with van der Waals surface area (Å²) in [6, 6.07) is 5.73. The van der Waals surface area contributed by atoms with Crippen LogP contribution in [0.4, 0.5) is 9.18 Å². The second kappa shape index (κ2) is 5.53. The summed E-state index contributed by atoms with van der Waals surface area (Å²) in [7, 11) is -3.00. The molecular weight excluding hydrogens is 307 g/mol. The molecule has 0 bridgehead atoms. The van der Waals surface area contributed by atoms with Gasteiger partial charge in [-0.05, 0) is 37.0 Å². The average molecular weight is 326 g/mol. The third kappa shape index (κ3) is 3.40. The van der Waals surface area contributed by atoms with E-state index in [1.807, 2.05) is 0 Å². The van der Waals surface area contributed by atoms with Gasteiger partial charge in [0.1, 0.15) is 5.82 Å². The number of amides is 2.